The van der Waals surface area contributed by atoms with E-state index in [1.54, 1.807) is 25.3 Å². The average Bonchev–Trinajstić information content (AvgIpc) is 2.78. The van der Waals surface area contributed by atoms with E-state index in [4.69, 9.17) is 9.47 Å². The van der Waals surface area contributed by atoms with Crippen LogP contribution < -0.4 is 25.0 Å². The summed E-state index contributed by atoms with van der Waals surface area (Å²) in [5, 5.41) is 5.26. The Bertz CT molecular complexity index is 913. The van der Waals surface area contributed by atoms with Crippen molar-refractivity contribution >= 4 is 23.2 Å². The second-order valence-corrected chi connectivity index (χ2v) is 7.17. The van der Waals surface area contributed by atoms with Gasteiger partial charge in [0.1, 0.15) is 11.5 Å². The van der Waals surface area contributed by atoms with Crippen LogP contribution in [0.3, 0.4) is 0 Å². The monoisotopic (exact) mass is 411 g/mol. The van der Waals surface area contributed by atoms with Crippen molar-refractivity contribution < 1.29 is 19.1 Å². The lowest BCUT2D eigenvalue weighted by Gasteiger charge is -2.30. The van der Waals surface area contributed by atoms with Crippen LogP contribution in [0.25, 0.3) is 0 Å². The zero-order chi connectivity index (χ0) is 21.5. The quantitative estimate of drug-likeness (QED) is 0.685. The molecule has 0 radical (unpaired) electrons. The molecule has 30 heavy (non-hydrogen) atoms. The first kappa shape index (κ1) is 21.5. The van der Waals surface area contributed by atoms with Crippen molar-refractivity contribution in [2.75, 3.05) is 44.1 Å². The van der Waals surface area contributed by atoms with Crippen LogP contribution in [0.2, 0.25) is 0 Å². The van der Waals surface area contributed by atoms with Gasteiger partial charge in [0.25, 0.3) is 0 Å². The number of anilines is 2. The van der Waals surface area contributed by atoms with E-state index < -0.39 is 11.8 Å². The van der Waals surface area contributed by atoms with Crippen molar-refractivity contribution in [3.63, 3.8) is 0 Å². The summed E-state index contributed by atoms with van der Waals surface area (Å²) in [5.41, 5.74) is 4.23. The zero-order valence-corrected chi connectivity index (χ0v) is 17.8. The normalized spacial score (nSPS) is 12.7. The number of carbonyl (C=O) groups is 2. The van der Waals surface area contributed by atoms with Crippen LogP contribution in [-0.4, -0.2) is 45.7 Å². The van der Waals surface area contributed by atoms with Crippen molar-refractivity contribution in [3.05, 3.63) is 47.5 Å². The van der Waals surface area contributed by atoms with Crippen molar-refractivity contribution in [2.24, 2.45) is 0 Å². The molecule has 0 atom stereocenters. The molecule has 7 nitrogen and oxygen atoms in total. The van der Waals surface area contributed by atoms with Gasteiger partial charge in [0.2, 0.25) is 0 Å². The largest absolute Gasteiger partial charge is 0.497 e. The molecule has 0 bridgehead atoms. The van der Waals surface area contributed by atoms with Gasteiger partial charge in [0.15, 0.2) is 0 Å². The molecule has 2 N–H and O–H groups in total. The van der Waals surface area contributed by atoms with Crippen molar-refractivity contribution in [1.82, 2.24) is 5.32 Å². The molecule has 7 heteroatoms. The van der Waals surface area contributed by atoms with Gasteiger partial charge in [-0.15, -0.1) is 0 Å². The van der Waals surface area contributed by atoms with Crippen molar-refractivity contribution in [3.8, 4) is 11.5 Å². The molecule has 2 amide bonds. The Morgan fingerprint density at radius 1 is 1.07 bits per heavy atom. The van der Waals surface area contributed by atoms with E-state index in [9.17, 15) is 9.59 Å². The minimum absolute atomic E-state index is 0.391. The first-order chi connectivity index (χ1) is 14.5. The highest BCUT2D eigenvalue weighted by atomic mass is 16.5. The van der Waals surface area contributed by atoms with Gasteiger partial charge < -0.3 is 25.0 Å². The summed E-state index contributed by atoms with van der Waals surface area (Å²) in [6.07, 6.45) is 2.92. The molecule has 0 fully saturated rings. The van der Waals surface area contributed by atoms with Gasteiger partial charge in [-0.1, -0.05) is 12.1 Å². The molecule has 0 saturated carbocycles. The molecule has 2 aromatic rings. The van der Waals surface area contributed by atoms with Crippen LogP contribution in [0.1, 0.15) is 24.5 Å². The average molecular weight is 412 g/mol. The highest BCUT2D eigenvalue weighted by Crippen LogP contribution is 2.29. The van der Waals surface area contributed by atoms with Gasteiger partial charge in [-0.25, -0.2) is 0 Å². The molecule has 160 valence electrons. The Labute approximate surface area is 177 Å². The Morgan fingerprint density at radius 2 is 1.90 bits per heavy atom. The van der Waals surface area contributed by atoms with Crippen LogP contribution >= 0.6 is 0 Å². The number of ether oxygens (including phenoxy) is 2. The number of rotatable bonds is 7. The summed E-state index contributed by atoms with van der Waals surface area (Å²) in [7, 11) is 3.03. The topological polar surface area (TPSA) is 79.9 Å². The third kappa shape index (κ3) is 5.03. The van der Waals surface area contributed by atoms with Crippen LogP contribution in [0.5, 0.6) is 11.5 Å². The number of fused-ring (bicyclic) bond motifs is 1. The summed E-state index contributed by atoms with van der Waals surface area (Å²) < 4.78 is 10.4. The molecule has 0 unspecified atom stereocenters. The van der Waals surface area contributed by atoms with E-state index in [1.807, 2.05) is 0 Å². The minimum Gasteiger partial charge on any atom is -0.497 e. The molecule has 2 aromatic carbocycles. The molecule has 1 aliphatic heterocycles. The fraction of sp³-hybridized carbons (Fsp3) is 0.391. The number of benzene rings is 2. The van der Waals surface area contributed by atoms with Crippen LogP contribution in [0.4, 0.5) is 11.4 Å². The molecule has 1 heterocycles. The summed E-state index contributed by atoms with van der Waals surface area (Å²) in [6, 6.07) is 11.4. The molecule has 0 spiro atoms. The molecule has 3 rings (SSSR count). The third-order valence-electron chi connectivity index (χ3n) is 5.30. The van der Waals surface area contributed by atoms with E-state index in [0.29, 0.717) is 30.2 Å². The van der Waals surface area contributed by atoms with E-state index in [2.05, 4.69) is 40.7 Å². The summed E-state index contributed by atoms with van der Waals surface area (Å²) in [4.78, 5) is 26.8. The number of hydrogen-bond donors (Lipinski definition) is 2. The van der Waals surface area contributed by atoms with E-state index in [1.165, 1.54) is 18.4 Å². The lowest BCUT2D eigenvalue weighted by atomic mass is 9.98. The smallest absolute Gasteiger partial charge is 0.313 e. The maximum Gasteiger partial charge on any atom is 0.313 e. The number of nitrogens with zero attached hydrogens (tertiary/aromatic N) is 1. The second-order valence-electron chi connectivity index (χ2n) is 7.17. The van der Waals surface area contributed by atoms with Gasteiger partial charge in [0.05, 0.1) is 19.9 Å². The molecule has 0 saturated heterocycles. The Morgan fingerprint density at radius 3 is 2.63 bits per heavy atom. The van der Waals surface area contributed by atoms with Crippen LogP contribution in [0, 0.1) is 0 Å². The van der Waals surface area contributed by atoms with E-state index in [0.717, 1.165) is 31.5 Å². The molecule has 1 aliphatic rings. The summed E-state index contributed by atoms with van der Waals surface area (Å²) >= 11 is 0. The second kappa shape index (κ2) is 10.0. The van der Waals surface area contributed by atoms with Gasteiger partial charge in [-0.05, 0) is 55.5 Å². The Kier molecular flexibility index (Phi) is 7.17. The zero-order valence-electron chi connectivity index (χ0n) is 17.8. The number of carbonyl (C=O) groups excluding carboxylic acids is 2. The van der Waals surface area contributed by atoms with Crippen molar-refractivity contribution in [2.45, 2.75) is 26.2 Å². The van der Waals surface area contributed by atoms with E-state index >= 15 is 0 Å². The molecular weight excluding hydrogens is 382 g/mol. The number of methoxy groups -OCH3 is 2. The molecule has 0 aromatic heterocycles. The summed E-state index contributed by atoms with van der Waals surface area (Å²) in [5.74, 6) is -0.391. The Hall–Kier alpha value is -3.22. The van der Waals surface area contributed by atoms with Gasteiger partial charge in [0, 0.05) is 31.4 Å². The standard InChI is InChI=1S/C23H29N3O4/c1-4-26-13-5-6-17-14-16(7-10-20(17)26)11-12-24-22(27)23(28)25-19-9-8-18(29-2)15-21(19)30-3/h7-10,14-15H,4-6,11-13H2,1-3H3,(H,24,27)(H,25,28). The van der Waals surface area contributed by atoms with Crippen molar-refractivity contribution in [1.29, 1.82) is 0 Å². The lowest BCUT2D eigenvalue weighted by molar-refractivity contribution is -0.136. The number of amides is 2. The predicted molar refractivity (Wildman–Crippen MR) is 118 cm³/mol. The van der Waals surface area contributed by atoms with Gasteiger partial charge in [-0.3, -0.25) is 9.59 Å². The molecule has 0 aliphatic carbocycles. The first-order valence-corrected chi connectivity index (χ1v) is 10.2. The van der Waals surface area contributed by atoms with Crippen LogP contribution in [0.15, 0.2) is 36.4 Å². The Balaban J connectivity index is 1.53. The highest BCUT2D eigenvalue weighted by Gasteiger charge is 2.17. The lowest BCUT2D eigenvalue weighted by Crippen LogP contribution is -2.36. The minimum atomic E-state index is -0.734. The van der Waals surface area contributed by atoms with Crippen LogP contribution in [-0.2, 0) is 22.4 Å². The first-order valence-electron chi connectivity index (χ1n) is 10.2. The summed E-state index contributed by atoms with van der Waals surface area (Å²) in [6.45, 7) is 4.68. The highest BCUT2D eigenvalue weighted by molar-refractivity contribution is 6.39. The SMILES string of the molecule is CCN1CCCc2cc(CCNC(=O)C(=O)Nc3ccc(OC)cc3OC)ccc21. The third-order valence-corrected chi connectivity index (χ3v) is 5.30. The number of nitrogens with one attached hydrogen (secondary N) is 2. The molecular formula is C23H29N3O4. The maximum atomic E-state index is 12.2. The van der Waals surface area contributed by atoms with Gasteiger partial charge in [-0.2, -0.15) is 0 Å². The number of hydrogen-bond acceptors (Lipinski definition) is 5. The van der Waals surface area contributed by atoms with Gasteiger partial charge >= 0.3 is 11.8 Å². The number of aryl methyl sites for hydroxylation is 1. The predicted octanol–water partition coefficient (Wildman–Crippen LogP) is 2.77. The fourth-order valence-electron chi connectivity index (χ4n) is 3.69. The fourth-order valence-corrected chi connectivity index (χ4v) is 3.69. The van der Waals surface area contributed by atoms with E-state index in [-0.39, 0.29) is 0 Å². The maximum absolute atomic E-state index is 12.2.